The Balaban J connectivity index is 1.34. The Morgan fingerprint density at radius 1 is 0.941 bits per heavy atom. The van der Waals surface area contributed by atoms with Gasteiger partial charge in [-0.3, -0.25) is 4.79 Å². The van der Waals surface area contributed by atoms with Gasteiger partial charge in [0.05, 0.1) is 12.0 Å². The largest absolute Gasteiger partial charge is 0.497 e. The third kappa shape index (κ3) is 5.70. The van der Waals surface area contributed by atoms with E-state index in [2.05, 4.69) is 20.0 Å². The number of furan rings is 1. The lowest BCUT2D eigenvalue weighted by molar-refractivity contribution is 0.0992. The van der Waals surface area contributed by atoms with Gasteiger partial charge in [0.2, 0.25) is 5.95 Å². The standard InChI is InChI=1S/C23H20N4O6S/c1-31-17-5-7-18(8-6-17)32-15-19-9-12-21(33-19)22(28)26-16-3-10-20(11-4-16)34(29,30)27-23-24-13-2-14-25-23/h2-14H,15H2,1H3,(H,26,28)(H,24,25,27). The van der Waals surface area contributed by atoms with E-state index in [1.54, 1.807) is 43.5 Å². The summed E-state index contributed by atoms with van der Waals surface area (Å²) >= 11 is 0. The van der Waals surface area contributed by atoms with Crippen molar-refractivity contribution in [1.82, 2.24) is 9.97 Å². The first-order chi connectivity index (χ1) is 16.4. The predicted molar refractivity (Wildman–Crippen MR) is 123 cm³/mol. The highest BCUT2D eigenvalue weighted by Crippen LogP contribution is 2.20. The molecule has 11 heteroatoms. The summed E-state index contributed by atoms with van der Waals surface area (Å²) in [4.78, 5) is 20.2. The molecule has 0 saturated heterocycles. The molecular formula is C23H20N4O6S. The Bertz CT molecular complexity index is 1350. The maximum atomic E-state index is 12.5. The Morgan fingerprint density at radius 2 is 1.62 bits per heavy atom. The van der Waals surface area contributed by atoms with Gasteiger partial charge in [-0.2, -0.15) is 0 Å². The number of sulfonamides is 1. The summed E-state index contributed by atoms with van der Waals surface area (Å²) in [7, 11) is -2.28. The molecule has 0 fully saturated rings. The van der Waals surface area contributed by atoms with Crippen LogP contribution in [0.1, 0.15) is 16.3 Å². The highest BCUT2D eigenvalue weighted by Gasteiger charge is 2.16. The van der Waals surface area contributed by atoms with Gasteiger partial charge in [0.25, 0.3) is 15.9 Å². The average molecular weight is 481 g/mol. The lowest BCUT2D eigenvalue weighted by atomic mass is 10.3. The fraction of sp³-hybridized carbons (Fsp3) is 0.0870. The second-order valence-corrected chi connectivity index (χ2v) is 8.57. The van der Waals surface area contributed by atoms with Gasteiger partial charge in [0.15, 0.2) is 5.76 Å². The number of aromatic nitrogens is 2. The molecule has 2 heterocycles. The molecule has 0 radical (unpaired) electrons. The van der Waals surface area contributed by atoms with Gasteiger partial charge in [0.1, 0.15) is 23.9 Å². The Hall–Kier alpha value is -4.38. The number of nitrogens with zero attached hydrogens (tertiary/aromatic N) is 2. The zero-order chi connectivity index (χ0) is 24.0. The maximum absolute atomic E-state index is 12.5. The van der Waals surface area contributed by atoms with Gasteiger partial charge in [-0.1, -0.05) is 0 Å². The van der Waals surface area contributed by atoms with Crippen LogP contribution in [0.2, 0.25) is 0 Å². The number of methoxy groups -OCH3 is 1. The highest BCUT2D eigenvalue weighted by atomic mass is 32.2. The number of anilines is 2. The molecule has 4 aromatic rings. The van der Waals surface area contributed by atoms with Crippen LogP contribution in [-0.4, -0.2) is 31.4 Å². The lowest BCUT2D eigenvalue weighted by Crippen LogP contribution is -2.15. The normalized spacial score (nSPS) is 11.0. The molecule has 2 aromatic carbocycles. The minimum Gasteiger partial charge on any atom is -0.497 e. The van der Waals surface area contributed by atoms with Crippen molar-refractivity contribution in [1.29, 1.82) is 0 Å². The van der Waals surface area contributed by atoms with Gasteiger partial charge in [-0.15, -0.1) is 0 Å². The van der Waals surface area contributed by atoms with E-state index in [4.69, 9.17) is 13.9 Å². The summed E-state index contributed by atoms with van der Waals surface area (Å²) in [6, 6.07) is 17.5. The lowest BCUT2D eigenvalue weighted by Gasteiger charge is -2.08. The van der Waals surface area contributed by atoms with Crippen LogP contribution in [0.4, 0.5) is 11.6 Å². The first-order valence-corrected chi connectivity index (χ1v) is 11.5. The monoisotopic (exact) mass is 480 g/mol. The molecule has 0 aliphatic carbocycles. The quantitative estimate of drug-likeness (QED) is 0.370. The number of amides is 1. The third-order valence-electron chi connectivity index (χ3n) is 4.54. The second-order valence-electron chi connectivity index (χ2n) is 6.89. The van der Waals surface area contributed by atoms with E-state index in [0.717, 1.165) is 5.75 Å². The van der Waals surface area contributed by atoms with Crippen LogP contribution in [0.15, 0.2) is 88.4 Å². The molecule has 0 unspecified atom stereocenters. The van der Waals surface area contributed by atoms with Crippen molar-refractivity contribution in [3.8, 4) is 11.5 Å². The smallest absolute Gasteiger partial charge is 0.291 e. The van der Waals surface area contributed by atoms with Crippen LogP contribution in [-0.2, 0) is 16.6 Å². The molecule has 0 spiro atoms. The number of hydrogen-bond acceptors (Lipinski definition) is 8. The first kappa shape index (κ1) is 22.8. The van der Waals surface area contributed by atoms with E-state index in [-0.39, 0.29) is 23.2 Å². The second kappa shape index (κ2) is 10.0. The predicted octanol–water partition coefficient (Wildman–Crippen LogP) is 3.71. The van der Waals surface area contributed by atoms with Gasteiger partial charge in [0, 0.05) is 18.1 Å². The molecule has 0 aliphatic heterocycles. The molecule has 0 atom stereocenters. The van der Waals surface area contributed by atoms with Crippen LogP contribution in [0.3, 0.4) is 0 Å². The number of hydrogen-bond donors (Lipinski definition) is 2. The Morgan fingerprint density at radius 3 is 2.29 bits per heavy atom. The number of rotatable bonds is 9. The molecule has 10 nitrogen and oxygen atoms in total. The number of nitrogens with one attached hydrogen (secondary N) is 2. The van der Waals surface area contributed by atoms with Crippen molar-refractivity contribution in [2.75, 3.05) is 17.1 Å². The molecular weight excluding hydrogens is 460 g/mol. The van der Waals surface area contributed by atoms with Gasteiger partial charge < -0.3 is 19.2 Å². The SMILES string of the molecule is COc1ccc(OCc2ccc(C(=O)Nc3ccc(S(=O)(=O)Nc4ncccn4)cc3)o2)cc1. The number of ether oxygens (including phenoxy) is 2. The highest BCUT2D eigenvalue weighted by molar-refractivity contribution is 7.92. The van der Waals surface area contributed by atoms with E-state index in [0.29, 0.717) is 17.2 Å². The summed E-state index contributed by atoms with van der Waals surface area (Å²) in [5.74, 6) is 1.39. The molecule has 0 aliphatic rings. The molecule has 0 bridgehead atoms. The van der Waals surface area contributed by atoms with Crippen molar-refractivity contribution in [2.24, 2.45) is 0 Å². The van der Waals surface area contributed by atoms with Gasteiger partial charge in [-0.25, -0.2) is 23.1 Å². The molecule has 174 valence electrons. The molecule has 0 saturated carbocycles. The van der Waals surface area contributed by atoms with E-state index in [1.165, 1.54) is 42.7 Å². The average Bonchev–Trinajstić information content (AvgIpc) is 3.33. The maximum Gasteiger partial charge on any atom is 0.291 e. The number of carbonyl (C=O) groups is 1. The van der Waals surface area contributed by atoms with E-state index in [1.807, 2.05) is 0 Å². The van der Waals surface area contributed by atoms with Crippen LogP contribution < -0.4 is 19.5 Å². The van der Waals surface area contributed by atoms with E-state index in [9.17, 15) is 13.2 Å². The summed E-state index contributed by atoms with van der Waals surface area (Å²) < 4.78 is 43.5. The van der Waals surface area contributed by atoms with Crippen LogP contribution in [0.5, 0.6) is 11.5 Å². The summed E-state index contributed by atoms with van der Waals surface area (Å²) in [6.45, 7) is 0.143. The van der Waals surface area contributed by atoms with Gasteiger partial charge >= 0.3 is 0 Å². The fourth-order valence-electron chi connectivity index (χ4n) is 2.84. The third-order valence-corrected chi connectivity index (χ3v) is 5.88. The summed E-state index contributed by atoms with van der Waals surface area (Å²) in [6.07, 6.45) is 2.85. The Kier molecular flexibility index (Phi) is 6.74. The summed E-state index contributed by atoms with van der Waals surface area (Å²) in [5.41, 5.74) is 0.396. The zero-order valence-electron chi connectivity index (χ0n) is 18.0. The van der Waals surface area contributed by atoms with Crippen LogP contribution in [0.25, 0.3) is 0 Å². The molecule has 4 rings (SSSR count). The van der Waals surface area contributed by atoms with Crippen molar-refractivity contribution in [2.45, 2.75) is 11.5 Å². The van der Waals surface area contributed by atoms with E-state index >= 15 is 0 Å². The fourth-order valence-corrected chi connectivity index (χ4v) is 3.80. The van der Waals surface area contributed by atoms with E-state index < -0.39 is 15.9 Å². The number of carbonyl (C=O) groups excluding carboxylic acids is 1. The molecule has 2 aromatic heterocycles. The van der Waals surface area contributed by atoms with Crippen molar-refractivity contribution >= 4 is 27.6 Å². The van der Waals surface area contributed by atoms with Crippen LogP contribution >= 0.6 is 0 Å². The molecule has 34 heavy (non-hydrogen) atoms. The minimum atomic E-state index is -3.87. The Labute approximate surface area is 195 Å². The van der Waals surface area contributed by atoms with Crippen molar-refractivity contribution in [3.63, 3.8) is 0 Å². The van der Waals surface area contributed by atoms with Crippen molar-refractivity contribution in [3.05, 3.63) is 90.6 Å². The number of benzene rings is 2. The minimum absolute atomic E-state index is 0.00563. The molecule has 2 N–H and O–H groups in total. The topological polar surface area (TPSA) is 133 Å². The van der Waals surface area contributed by atoms with Crippen molar-refractivity contribution < 1.29 is 27.1 Å². The summed E-state index contributed by atoms with van der Waals surface area (Å²) in [5, 5.41) is 2.66. The zero-order valence-corrected chi connectivity index (χ0v) is 18.8. The molecule has 1 amide bonds. The first-order valence-electron chi connectivity index (χ1n) is 10.00. The van der Waals surface area contributed by atoms with Gasteiger partial charge in [-0.05, 0) is 66.7 Å². The van der Waals surface area contributed by atoms with Crippen LogP contribution in [0, 0.1) is 0 Å².